The number of hydrogen-bond acceptors (Lipinski definition) is 3. The van der Waals surface area contributed by atoms with Crippen molar-refractivity contribution < 1.29 is 9.53 Å². The first kappa shape index (κ1) is 12.6. The molecule has 1 aromatic heterocycles. The van der Waals surface area contributed by atoms with E-state index in [1.807, 2.05) is 36.7 Å². The highest BCUT2D eigenvalue weighted by molar-refractivity contribution is 6.10. The van der Waals surface area contributed by atoms with Crippen molar-refractivity contribution in [1.82, 2.24) is 9.88 Å². The number of benzene rings is 1. The number of likely N-dealkylation sites (N-methyl/N-ethyl adjacent to an activating group) is 1. The van der Waals surface area contributed by atoms with E-state index in [0.29, 0.717) is 6.54 Å². The summed E-state index contributed by atoms with van der Waals surface area (Å²) >= 11 is 0. The van der Waals surface area contributed by atoms with Crippen LogP contribution in [0.5, 0.6) is 5.75 Å². The standard InChI is InChI=1S/C14H18N2O2/c1-9-14(13(17)8-15-2)11-6-5-10(18-4)7-12(11)16(9)3/h5-7,15H,8H2,1-4H3. The van der Waals surface area contributed by atoms with Gasteiger partial charge in [0.05, 0.1) is 19.2 Å². The average molecular weight is 246 g/mol. The molecule has 0 aliphatic heterocycles. The largest absolute Gasteiger partial charge is 0.497 e. The molecule has 0 fully saturated rings. The van der Waals surface area contributed by atoms with Crippen molar-refractivity contribution in [2.45, 2.75) is 6.92 Å². The van der Waals surface area contributed by atoms with Crippen LogP contribution in [0.15, 0.2) is 18.2 Å². The smallest absolute Gasteiger partial charge is 0.179 e. The number of aromatic nitrogens is 1. The monoisotopic (exact) mass is 246 g/mol. The molecule has 1 heterocycles. The fraction of sp³-hybridized carbons (Fsp3) is 0.357. The van der Waals surface area contributed by atoms with E-state index in [0.717, 1.165) is 27.9 Å². The molecule has 1 N–H and O–H groups in total. The number of aryl methyl sites for hydroxylation is 1. The van der Waals surface area contributed by atoms with Crippen molar-refractivity contribution in [3.63, 3.8) is 0 Å². The third kappa shape index (κ3) is 1.88. The molecule has 18 heavy (non-hydrogen) atoms. The van der Waals surface area contributed by atoms with Gasteiger partial charge in [-0.3, -0.25) is 4.79 Å². The molecular weight excluding hydrogens is 228 g/mol. The van der Waals surface area contributed by atoms with E-state index in [-0.39, 0.29) is 5.78 Å². The summed E-state index contributed by atoms with van der Waals surface area (Å²) in [6.45, 7) is 2.32. The Labute approximate surface area is 107 Å². The van der Waals surface area contributed by atoms with Crippen LogP contribution in [0.2, 0.25) is 0 Å². The van der Waals surface area contributed by atoms with Crippen LogP contribution in [-0.4, -0.2) is 31.1 Å². The van der Waals surface area contributed by atoms with Gasteiger partial charge in [0.2, 0.25) is 0 Å². The highest BCUT2D eigenvalue weighted by atomic mass is 16.5. The molecule has 0 atom stereocenters. The number of nitrogens with zero attached hydrogens (tertiary/aromatic N) is 1. The van der Waals surface area contributed by atoms with E-state index in [2.05, 4.69) is 5.32 Å². The quantitative estimate of drug-likeness (QED) is 0.838. The van der Waals surface area contributed by atoms with Crippen molar-refractivity contribution in [3.8, 4) is 5.75 Å². The molecule has 0 saturated heterocycles. The minimum atomic E-state index is 0.116. The van der Waals surface area contributed by atoms with Crippen LogP contribution in [0.4, 0.5) is 0 Å². The van der Waals surface area contributed by atoms with Gasteiger partial charge < -0.3 is 14.6 Å². The maximum atomic E-state index is 12.1. The van der Waals surface area contributed by atoms with E-state index in [1.165, 1.54) is 0 Å². The number of hydrogen-bond donors (Lipinski definition) is 1. The van der Waals surface area contributed by atoms with Crippen LogP contribution in [0.25, 0.3) is 10.9 Å². The first-order valence-corrected chi connectivity index (χ1v) is 5.91. The van der Waals surface area contributed by atoms with Crippen LogP contribution in [0.1, 0.15) is 16.1 Å². The van der Waals surface area contributed by atoms with E-state index in [9.17, 15) is 4.79 Å². The number of Topliss-reactive ketones (excluding diaryl/α,β-unsaturated/α-hetero) is 1. The van der Waals surface area contributed by atoms with Gasteiger partial charge in [0.1, 0.15) is 5.75 Å². The van der Waals surface area contributed by atoms with Gasteiger partial charge in [-0.15, -0.1) is 0 Å². The van der Waals surface area contributed by atoms with Crippen molar-refractivity contribution in [1.29, 1.82) is 0 Å². The Morgan fingerprint density at radius 3 is 2.78 bits per heavy atom. The minimum absolute atomic E-state index is 0.116. The van der Waals surface area contributed by atoms with Crippen molar-refractivity contribution in [3.05, 3.63) is 29.5 Å². The van der Waals surface area contributed by atoms with Crippen LogP contribution in [0.3, 0.4) is 0 Å². The summed E-state index contributed by atoms with van der Waals surface area (Å²) in [5, 5.41) is 3.89. The summed E-state index contributed by atoms with van der Waals surface area (Å²) in [6.07, 6.45) is 0. The summed E-state index contributed by atoms with van der Waals surface area (Å²) < 4.78 is 7.25. The van der Waals surface area contributed by atoms with Crippen molar-refractivity contribution >= 4 is 16.7 Å². The molecule has 96 valence electrons. The van der Waals surface area contributed by atoms with Crippen LogP contribution in [0, 0.1) is 6.92 Å². The van der Waals surface area contributed by atoms with Gasteiger partial charge in [-0.25, -0.2) is 0 Å². The predicted molar refractivity (Wildman–Crippen MR) is 72.5 cm³/mol. The Morgan fingerprint density at radius 1 is 1.44 bits per heavy atom. The summed E-state index contributed by atoms with van der Waals surface area (Å²) in [6, 6.07) is 5.79. The second-order valence-corrected chi connectivity index (χ2v) is 4.36. The third-order valence-electron chi connectivity index (χ3n) is 3.32. The highest BCUT2D eigenvalue weighted by Gasteiger charge is 2.18. The molecule has 0 amide bonds. The Morgan fingerprint density at radius 2 is 2.17 bits per heavy atom. The SMILES string of the molecule is CNCC(=O)c1c(C)n(C)c2cc(OC)ccc12. The molecule has 0 unspecified atom stereocenters. The molecule has 0 spiro atoms. The lowest BCUT2D eigenvalue weighted by molar-refractivity contribution is 0.0994. The number of methoxy groups -OCH3 is 1. The normalized spacial score (nSPS) is 10.9. The number of ether oxygens (including phenoxy) is 1. The Bertz CT molecular complexity index is 599. The van der Waals surface area contributed by atoms with E-state index in [1.54, 1.807) is 14.2 Å². The fourth-order valence-corrected chi connectivity index (χ4v) is 2.27. The predicted octanol–water partition coefficient (Wildman–Crippen LogP) is 1.90. The molecule has 0 saturated carbocycles. The molecule has 0 radical (unpaired) electrons. The molecule has 0 aliphatic rings. The number of rotatable bonds is 4. The lowest BCUT2D eigenvalue weighted by atomic mass is 10.1. The lowest BCUT2D eigenvalue weighted by Crippen LogP contribution is -2.19. The van der Waals surface area contributed by atoms with Gasteiger partial charge >= 0.3 is 0 Å². The zero-order valence-corrected chi connectivity index (χ0v) is 11.2. The maximum absolute atomic E-state index is 12.1. The molecule has 2 aromatic rings. The number of carbonyl (C=O) groups is 1. The molecule has 0 aliphatic carbocycles. The molecule has 1 aromatic carbocycles. The number of fused-ring (bicyclic) bond motifs is 1. The third-order valence-corrected chi connectivity index (χ3v) is 3.32. The second-order valence-electron chi connectivity index (χ2n) is 4.36. The zero-order chi connectivity index (χ0) is 13.3. The number of nitrogens with one attached hydrogen (secondary N) is 1. The topological polar surface area (TPSA) is 43.3 Å². The Kier molecular flexibility index (Phi) is 3.39. The van der Waals surface area contributed by atoms with Gasteiger partial charge in [-0.1, -0.05) is 0 Å². The number of ketones is 1. The zero-order valence-electron chi connectivity index (χ0n) is 11.2. The molecule has 2 rings (SSSR count). The second kappa shape index (κ2) is 4.82. The van der Waals surface area contributed by atoms with Crippen molar-refractivity contribution in [2.24, 2.45) is 7.05 Å². The Balaban J connectivity index is 2.67. The first-order valence-electron chi connectivity index (χ1n) is 5.91. The van der Waals surface area contributed by atoms with Crippen LogP contribution in [-0.2, 0) is 7.05 Å². The van der Waals surface area contributed by atoms with E-state index < -0.39 is 0 Å². The van der Waals surface area contributed by atoms with Gasteiger partial charge in [0.25, 0.3) is 0 Å². The fourth-order valence-electron chi connectivity index (χ4n) is 2.27. The lowest BCUT2D eigenvalue weighted by Gasteiger charge is -2.01. The van der Waals surface area contributed by atoms with E-state index in [4.69, 9.17) is 4.74 Å². The summed E-state index contributed by atoms with van der Waals surface area (Å²) in [5.74, 6) is 0.918. The first-order chi connectivity index (χ1) is 8.60. The molecular formula is C14H18N2O2. The van der Waals surface area contributed by atoms with Crippen LogP contribution < -0.4 is 10.1 Å². The van der Waals surface area contributed by atoms with E-state index >= 15 is 0 Å². The van der Waals surface area contributed by atoms with Gasteiger partial charge in [-0.05, 0) is 26.1 Å². The molecule has 4 nitrogen and oxygen atoms in total. The number of carbonyl (C=O) groups excluding carboxylic acids is 1. The molecule has 4 heteroatoms. The average Bonchev–Trinajstić information content (AvgIpc) is 2.62. The summed E-state index contributed by atoms with van der Waals surface area (Å²) in [7, 11) is 5.39. The summed E-state index contributed by atoms with van der Waals surface area (Å²) in [4.78, 5) is 12.1. The minimum Gasteiger partial charge on any atom is -0.497 e. The van der Waals surface area contributed by atoms with Crippen LogP contribution >= 0.6 is 0 Å². The highest BCUT2D eigenvalue weighted by Crippen LogP contribution is 2.28. The van der Waals surface area contributed by atoms with Gasteiger partial charge in [-0.2, -0.15) is 0 Å². The van der Waals surface area contributed by atoms with Crippen molar-refractivity contribution in [2.75, 3.05) is 20.7 Å². The summed E-state index contributed by atoms with van der Waals surface area (Å²) in [5.41, 5.74) is 2.80. The Hall–Kier alpha value is -1.81. The van der Waals surface area contributed by atoms with Gasteiger partial charge in [0, 0.05) is 29.8 Å². The van der Waals surface area contributed by atoms with Gasteiger partial charge in [0.15, 0.2) is 5.78 Å². The molecule has 0 bridgehead atoms. The maximum Gasteiger partial charge on any atom is 0.179 e.